The number of carbonyl (C=O) groups excluding carboxylic acids is 1. The molecule has 30 heavy (non-hydrogen) atoms. The third-order valence-corrected chi connectivity index (χ3v) is 6.79. The molecule has 0 radical (unpaired) electrons. The van der Waals surface area contributed by atoms with Crippen LogP contribution in [0, 0.1) is 20.8 Å². The van der Waals surface area contributed by atoms with Crippen LogP contribution >= 0.6 is 11.3 Å². The summed E-state index contributed by atoms with van der Waals surface area (Å²) in [6.07, 6.45) is 0. The number of thiazole rings is 1. The SMILES string of the molecule is CCN(CC)CCN(C(=O)c1cc(C)n(C(C)C)n1)c1nc2c(C)ccc(C)c2s1. The summed E-state index contributed by atoms with van der Waals surface area (Å²) in [4.78, 5) is 22.6. The maximum atomic E-state index is 13.6. The van der Waals surface area contributed by atoms with E-state index in [4.69, 9.17) is 4.98 Å². The third kappa shape index (κ3) is 4.42. The van der Waals surface area contributed by atoms with Crippen LogP contribution < -0.4 is 4.90 Å². The fourth-order valence-corrected chi connectivity index (χ4v) is 4.82. The molecule has 0 aliphatic heterocycles. The van der Waals surface area contributed by atoms with Crippen LogP contribution in [0.2, 0.25) is 0 Å². The predicted octanol–water partition coefficient (Wildman–Crippen LogP) is 4.99. The number of aryl methyl sites for hydroxylation is 3. The first-order valence-electron chi connectivity index (χ1n) is 10.7. The van der Waals surface area contributed by atoms with Gasteiger partial charge in [0.2, 0.25) is 0 Å². The normalized spacial score (nSPS) is 11.8. The van der Waals surface area contributed by atoms with Crippen molar-refractivity contribution in [2.45, 2.75) is 54.5 Å². The Morgan fingerprint density at radius 2 is 1.77 bits per heavy atom. The van der Waals surface area contributed by atoms with E-state index in [2.05, 4.69) is 63.7 Å². The summed E-state index contributed by atoms with van der Waals surface area (Å²) in [5, 5.41) is 5.35. The summed E-state index contributed by atoms with van der Waals surface area (Å²) in [6, 6.07) is 6.31. The Morgan fingerprint density at radius 1 is 1.10 bits per heavy atom. The molecule has 0 N–H and O–H groups in total. The molecule has 2 heterocycles. The van der Waals surface area contributed by atoms with Crippen molar-refractivity contribution in [2.24, 2.45) is 0 Å². The molecule has 0 unspecified atom stereocenters. The van der Waals surface area contributed by atoms with Crippen LogP contribution in [0.4, 0.5) is 5.13 Å². The van der Waals surface area contributed by atoms with Crippen LogP contribution in [0.1, 0.15) is 61.0 Å². The zero-order valence-corrected chi connectivity index (χ0v) is 20.0. The van der Waals surface area contributed by atoms with E-state index in [-0.39, 0.29) is 11.9 Å². The van der Waals surface area contributed by atoms with Gasteiger partial charge in [-0.3, -0.25) is 14.4 Å². The average molecular weight is 428 g/mol. The minimum absolute atomic E-state index is 0.0842. The fourth-order valence-electron chi connectivity index (χ4n) is 3.68. The van der Waals surface area contributed by atoms with Crippen molar-refractivity contribution < 1.29 is 4.79 Å². The number of fused-ring (bicyclic) bond motifs is 1. The van der Waals surface area contributed by atoms with Gasteiger partial charge in [0.05, 0.1) is 10.2 Å². The summed E-state index contributed by atoms with van der Waals surface area (Å²) in [7, 11) is 0. The minimum Gasteiger partial charge on any atom is -0.302 e. The van der Waals surface area contributed by atoms with E-state index in [9.17, 15) is 4.79 Å². The lowest BCUT2D eigenvalue weighted by atomic mass is 10.1. The standard InChI is InChI=1S/C23H33N5OS/c1-8-26(9-2)12-13-27(22(29)19-14-18(7)28(25-19)15(3)4)23-24-20-16(5)10-11-17(6)21(20)30-23/h10-11,14-15H,8-9,12-13H2,1-7H3. The number of likely N-dealkylation sites (N-methyl/N-ethyl adjacent to an activating group) is 1. The molecule has 0 aliphatic carbocycles. The summed E-state index contributed by atoms with van der Waals surface area (Å²) in [6.45, 7) is 17.9. The Balaban J connectivity index is 2.02. The number of hydrogen-bond acceptors (Lipinski definition) is 5. The van der Waals surface area contributed by atoms with E-state index in [0.29, 0.717) is 12.2 Å². The van der Waals surface area contributed by atoms with Crippen molar-refractivity contribution in [1.29, 1.82) is 0 Å². The van der Waals surface area contributed by atoms with Gasteiger partial charge >= 0.3 is 0 Å². The lowest BCUT2D eigenvalue weighted by molar-refractivity contribution is 0.0978. The van der Waals surface area contributed by atoms with Crippen LogP contribution in [-0.4, -0.2) is 51.8 Å². The monoisotopic (exact) mass is 427 g/mol. The molecule has 0 atom stereocenters. The van der Waals surface area contributed by atoms with Crippen LogP contribution in [0.5, 0.6) is 0 Å². The maximum absolute atomic E-state index is 13.6. The summed E-state index contributed by atoms with van der Waals surface area (Å²) >= 11 is 1.59. The molecular formula is C23H33N5OS. The predicted molar refractivity (Wildman–Crippen MR) is 126 cm³/mol. The molecule has 0 spiro atoms. The molecular weight excluding hydrogens is 394 g/mol. The smallest absolute Gasteiger partial charge is 0.280 e. The van der Waals surface area contributed by atoms with Gasteiger partial charge < -0.3 is 4.90 Å². The molecule has 7 heteroatoms. The molecule has 3 aromatic rings. The molecule has 0 saturated carbocycles. The minimum atomic E-state index is -0.0842. The van der Waals surface area contributed by atoms with Crippen LogP contribution in [0.3, 0.4) is 0 Å². The lowest BCUT2D eigenvalue weighted by Gasteiger charge is -2.24. The number of benzene rings is 1. The Bertz CT molecular complexity index is 993. The van der Waals surface area contributed by atoms with Gasteiger partial charge in [0, 0.05) is 24.8 Å². The van der Waals surface area contributed by atoms with Crippen molar-refractivity contribution >= 4 is 32.6 Å². The first kappa shape index (κ1) is 22.4. The lowest BCUT2D eigenvalue weighted by Crippen LogP contribution is -2.39. The van der Waals surface area contributed by atoms with Gasteiger partial charge in [0.1, 0.15) is 0 Å². The van der Waals surface area contributed by atoms with Crippen molar-refractivity contribution in [1.82, 2.24) is 19.7 Å². The second-order valence-electron chi connectivity index (χ2n) is 8.07. The second kappa shape index (κ2) is 9.27. The molecule has 0 bridgehead atoms. The maximum Gasteiger partial charge on any atom is 0.280 e. The Morgan fingerprint density at radius 3 is 2.33 bits per heavy atom. The number of anilines is 1. The van der Waals surface area contributed by atoms with Crippen molar-refractivity contribution in [3.05, 3.63) is 40.7 Å². The van der Waals surface area contributed by atoms with Crippen LogP contribution in [0.25, 0.3) is 10.2 Å². The Labute approximate surface area is 183 Å². The zero-order valence-electron chi connectivity index (χ0n) is 19.2. The number of rotatable bonds is 8. The van der Waals surface area contributed by atoms with Gasteiger partial charge in [-0.2, -0.15) is 5.10 Å². The highest BCUT2D eigenvalue weighted by Crippen LogP contribution is 2.33. The summed E-state index contributed by atoms with van der Waals surface area (Å²) in [5.74, 6) is -0.0842. The van der Waals surface area contributed by atoms with E-state index in [1.54, 1.807) is 11.3 Å². The number of amides is 1. The van der Waals surface area contributed by atoms with E-state index in [0.717, 1.165) is 46.2 Å². The molecule has 0 aliphatic rings. The second-order valence-corrected chi connectivity index (χ2v) is 9.04. The Kier molecular flexibility index (Phi) is 6.93. The molecule has 0 fully saturated rings. The number of hydrogen-bond donors (Lipinski definition) is 0. The molecule has 1 aromatic carbocycles. The van der Waals surface area contributed by atoms with Crippen molar-refractivity contribution in [3.63, 3.8) is 0 Å². The van der Waals surface area contributed by atoms with Crippen LogP contribution in [-0.2, 0) is 0 Å². The highest BCUT2D eigenvalue weighted by atomic mass is 32.1. The van der Waals surface area contributed by atoms with Gasteiger partial charge in [-0.1, -0.05) is 37.3 Å². The molecule has 3 rings (SSSR count). The molecule has 2 aromatic heterocycles. The van der Waals surface area contributed by atoms with E-state index >= 15 is 0 Å². The Hall–Kier alpha value is -2.25. The van der Waals surface area contributed by atoms with Gasteiger partial charge in [0.15, 0.2) is 10.8 Å². The fraction of sp³-hybridized carbons (Fsp3) is 0.522. The summed E-state index contributed by atoms with van der Waals surface area (Å²) < 4.78 is 3.05. The number of nitrogens with zero attached hydrogens (tertiary/aromatic N) is 5. The van der Waals surface area contributed by atoms with E-state index in [1.165, 1.54) is 5.56 Å². The van der Waals surface area contributed by atoms with E-state index in [1.807, 2.05) is 22.6 Å². The topological polar surface area (TPSA) is 54.3 Å². The largest absolute Gasteiger partial charge is 0.302 e. The molecule has 162 valence electrons. The highest BCUT2D eigenvalue weighted by molar-refractivity contribution is 7.22. The van der Waals surface area contributed by atoms with Gasteiger partial charge in [-0.15, -0.1) is 0 Å². The van der Waals surface area contributed by atoms with Gasteiger partial charge in [-0.05, 0) is 64.9 Å². The van der Waals surface area contributed by atoms with Gasteiger partial charge in [-0.25, -0.2) is 4.98 Å². The highest BCUT2D eigenvalue weighted by Gasteiger charge is 2.25. The van der Waals surface area contributed by atoms with Crippen molar-refractivity contribution in [2.75, 3.05) is 31.1 Å². The average Bonchev–Trinajstić information content (AvgIpc) is 3.33. The van der Waals surface area contributed by atoms with Crippen molar-refractivity contribution in [3.8, 4) is 0 Å². The number of aromatic nitrogens is 3. The third-order valence-electron chi connectivity index (χ3n) is 5.57. The first-order valence-corrected chi connectivity index (χ1v) is 11.6. The van der Waals surface area contributed by atoms with Gasteiger partial charge in [0.25, 0.3) is 5.91 Å². The van der Waals surface area contributed by atoms with Crippen LogP contribution in [0.15, 0.2) is 18.2 Å². The molecule has 6 nitrogen and oxygen atoms in total. The molecule has 0 saturated heterocycles. The van der Waals surface area contributed by atoms with E-state index < -0.39 is 0 Å². The quantitative estimate of drug-likeness (QED) is 0.508. The first-order chi connectivity index (χ1) is 14.3. The zero-order chi connectivity index (χ0) is 22.0. The molecule has 1 amide bonds. The number of carbonyl (C=O) groups is 1. The summed E-state index contributed by atoms with van der Waals surface area (Å²) in [5.41, 5.74) is 4.78.